The summed E-state index contributed by atoms with van der Waals surface area (Å²) in [7, 11) is 0. The zero-order chi connectivity index (χ0) is 24.9. The Labute approximate surface area is 199 Å². The van der Waals surface area contributed by atoms with E-state index in [0.29, 0.717) is 0 Å². The molecule has 0 amide bonds. The highest BCUT2D eigenvalue weighted by Crippen LogP contribution is 2.42. The molecule has 2 aromatic carbocycles. The van der Waals surface area contributed by atoms with E-state index in [4.69, 9.17) is 9.47 Å². The number of thioether (sulfide) groups is 1. The van der Waals surface area contributed by atoms with Crippen LogP contribution in [0.1, 0.15) is 63.0 Å². The van der Waals surface area contributed by atoms with Crippen LogP contribution in [0, 0.1) is 31.4 Å². The Balaban J connectivity index is 2.23. The predicted octanol–water partition coefficient (Wildman–Crippen LogP) is 6.71. The lowest BCUT2D eigenvalue weighted by Gasteiger charge is -2.27. The fourth-order valence-electron chi connectivity index (χ4n) is 3.33. The fourth-order valence-corrected chi connectivity index (χ4v) is 4.63. The lowest BCUT2D eigenvalue weighted by atomic mass is 10.0. The van der Waals surface area contributed by atoms with Gasteiger partial charge in [0.1, 0.15) is 23.3 Å². The van der Waals surface area contributed by atoms with E-state index in [1.165, 1.54) is 36.0 Å². The first-order valence-corrected chi connectivity index (χ1v) is 11.8. The van der Waals surface area contributed by atoms with E-state index in [-0.39, 0.29) is 23.3 Å². The molecule has 180 valence electrons. The molecular formula is C26H32F2O4S. The maximum Gasteiger partial charge on any atom is 0.309 e. The van der Waals surface area contributed by atoms with E-state index in [9.17, 15) is 18.4 Å². The Kier molecular flexibility index (Phi) is 9.06. The molecule has 2 rings (SSSR count). The van der Waals surface area contributed by atoms with Crippen LogP contribution in [0.4, 0.5) is 8.78 Å². The number of halogens is 2. The smallest absolute Gasteiger partial charge is 0.309 e. The van der Waals surface area contributed by atoms with Crippen LogP contribution < -0.4 is 0 Å². The first-order chi connectivity index (χ1) is 15.3. The summed E-state index contributed by atoms with van der Waals surface area (Å²) in [6.07, 6.45) is -0.690. The van der Waals surface area contributed by atoms with Gasteiger partial charge >= 0.3 is 11.9 Å². The topological polar surface area (TPSA) is 52.6 Å². The maximum atomic E-state index is 13.7. The monoisotopic (exact) mass is 478 g/mol. The molecule has 0 fully saturated rings. The summed E-state index contributed by atoms with van der Waals surface area (Å²) < 4.78 is 38.3. The number of esters is 2. The van der Waals surface area contributed by atoms with Crippen LogP contribution in [-0.4, -0.2) is 23.6 Å². The Morgan fingerprint density at radius 2 is 1.55 bits per heavy atom. The highest BCUT2D eigenvalue weighted by atomic mass is 32.2. The van der Waals surface area contributed by atoms with Gasteiger partial charge in [0.05, 0.1) is 17.6 Å². The van der Waals surface area contributed by atoms with Gasteiger partial charge in [-0.3, -0.25) is 9.59 Å². The second-order valence-corrected chi connectivity index (χ2v) is 10.5. The minimum Gasteiger partial charge on any atom is -0.461 e. The van der Waals surface area contributed by atoms with Crippen molar-refractivity contribution in [3.05, 3.63) is 64.7 Å². The van der Waals surface area contributed by atoms with Gasteiger partial charge in [-0.15, -0.1) is 11.8 Å². The molecule has 33 heavy (non-hydrogen) atoms. The van der Waals surface area contributed by atoms with Crippen molar-refractivity contribution in [2.75, 3.05) is 0 Å². The molecule has 0 saturated carbocycles. The molecule has 0 aliphatic rings. The molecule has 0 unspecified atom stereocenters. The van der Waals surface area contributed by atoms with Crippen molar-refractivity contribution in [1.29, 1.82) is 0 Å². The molecule has 0 aromatic heterocycles. The van der Waals surface area contributed by atoms with Gasteiger partial charge in [0.2, 0.25) is 0 Å². The van der Waals surface area contributed by atoms with Crippen molar-refractivity contribution in [1.82, 2.24) is 0 Å². The molecule has 0 saturated heterocycles. The summed E-state index contributed by atoms with van der Waals surface area (Å²) in [5, 5.41) is -0.368. The van der Waals surface area contributed by atoms with E-state index < -0.39 is 29.6 Å². The quantitative estimate of drug-likeness (QED) is 0.312. The molecular weight excluding hydrogens is 446 g/mol. The summed E-state index contributed by atoms with van der Waals surface area (Å²) in [5.74, 6) is -2.36. The van der Waals surface area contributed by atoms with Gasteiger partial charge in [0.15, 0.2) is 0 Å². The Hall–Kier alpha value is -2.41. The summed E-state index contributed by atoms with van der Waals surface area (Å²) in [6.45, 7) is 12.3. The minimum absolute atomic E-state index is 0.0900. The normalized spacial score (nSPS) is 14.3. The van der Waals surface area contributed by atoms with Crippen molar-refractivity contribution in [2.45, 2.75) is 76.7 Å². The third kappa shape index (κ3) is 8.14. The molecule has 2 aromatic rings. The highest BCUT2D eigenvalue weighted by molar-refractivity contribution is 7.99. The summed E-state index contributed by atoms with van der Waals surface area (Å²) in [6, 6.07) is 8.98. The lowest BCUT2D eigenvalue weighted by molar-refractivity contribution is -0.163. The molecule has 3 atom stereocenters. The van der Waals surface area contributed by atoms with Gasteiger partial charge in [0.25, 0.3) is 0 Å². The predicted molar refractivity (Wildman–Crippen MR) is 126 cm³/mol. The highest BCUT2D eigenvalue weighted by Gasteiger charge is 2.29. The molecule has 0 radical (unpaired) electrons. The average Bonchev–Trinajstić information content (AvgIpc) is 2.66. The van der Waals surface area contributed by atoms with Crippen LogP contribution in [0.25, 0.3) is 0 Å². The van der Waals surface area contributed by atoms with Crippen LogP contribution >= 0.6 is 11.8 Å². The molecule has 0 spiro atoms. The number of rotatable bonds is 8. The number of hydrogen-bond donors (Lipinski definition) is 0. The SMILES string of the molecule is Cc1cc(F)ccc1S[C@H](c1ccc(F)cc1C)[C@H](C)OC(=O)[C@H](C)CC(=O)OC(C)(C)C. The maximum absolute atomic E-state index is 13.7. The van der Waals surface area contributed by atoms with E-state index in [2.05, 4.69) is 0 Å². The van der Waals surface area contributed by atoms with Crippen molar-refractivity contribution >= 4 is 23.7 Å². The molecule has 7 heteroatoms. The molecule has 0 heterocycles. The Bertz CT molecular complexity index is 1000. The van der Waals surface area contributed by atoms with Gasteiger partial charge in [-0.25, -0.2) is 8.78 Å². The molecule has 0 aliphatic heterocycles. The number of benzene rings is 2. The summed E-state index contributed by atoms with van der Waals surface area (Å²) in [5.41, 5.74) is 1.65. The Morgan fingerprint density at radius 1 is 0.970 bits per heavy atom. The molecule has 0 aliphatic carbocycles. The minimum atomic E-state index is -0.685. The van der Waals surface area contributed by atoms with Gasteiger partial charge in [-0.1, -0.05) is 13.0 Å². The Morgan fingerprint density at radius 3 is 2.09 bits per heavy atom. The van der Waals surface area contributed by atoms with Crippen LogP contribution in [0.5, 0.6) is 0 Å². The van der Waals surface area contributed by atoms with Gasteiger partial charge in [-0.2, -0.15) is 0 Å². The first-order valence-electron chi connectivity index (χ1n) is 10.9. The van der Waals surface area contributed by atoms with E-state index in [1.54, 1.807) is 60.6 Å². The lowest BCUT2D eigenvalue weighted by Crippen LogP contribution is -2.29. The number of carbonyl (C=O) groups excluding carboxylic acids is 2. The molecule has 0 bridgehead atoms. The fraction of sp³-hybridized carbons (Fsp3) is 0.462. The summed E-state index contributed by atoms with van der Waals surface area (Å²) >= 11 is 1.42. The van der Waals surface area contributed by atoms with Crippen LogP contribution in [-0.2, 0) is 19.1 Å². The average molecular weight is 479 g/mol. The van der Waals surface area contributed by atoms with Gasteiger partial charge in [-0.05, 0) is 88.6 Å². The first kappa shape index (κ1) is 26.8. The third-order valence-corrected chi connectivity index (χ3v) is 6.56. The zero-order valence-corrected chi connectivity index (χ0v) is 21.0. The number of hydrogen-bond acceptors (Lipinski definition) is 5. The number of aryl methyl sites for hydroxylation is 2. The van der Waals surface area contributed by atoms with Crippen molar-refractivity contribution in [3.8, 4) is 0 Å². The zero-order valence-electron chi connectivity index (χ0n) is 20.2. The van der Waals surface area contributed by atoms with E-state index in [0.717, 1.165) is 21.6 Å². The van der Waals surface area contributed by atoms with E-state index >= 15 is 0 Å². The van der Waals surface area contributed by atoms with Gasteiger partial charge < -0.3 is 9.47 Å². The summed E-state index contributed by atoms with van der Waals surface area (Å²) in [4.78, 5) is 25.7. The van der Waals surface area contributed by atoms with Crippen LogP contribution in [0.3, 0.4) is 0 Å². The number of ether oxygens (including phenoxy) is 2. The second kappa shape index (κ2) is 11.1. The van der Waals surface area contributed by atoms with Crippen LogP contribution in [0.15, 0.2) is 41.3 Å². The standard InChI is InChI=1S/C26H32F2O4S/c1-15-12-19(27)8-10-21(15)24(33-22-11-9-20(28)13-16(22)2)18(4)31-25(30)17(3)14-23(29)32-26(5,6)7/h8-13,17-18,24H,14H2,1-7H3/t17-,18+,24+/m1/s1. The number of carbonyl (C=O) groups is 2. The van der Waals surface area contributed by atoms with Gasteiger partial charge in [0, 0.05) is 4.90 Å². The van der Waals surface area contributed by atoms with Crippen molar-refractivity contribution in [2.24, 2.45) is 5.92 Å². The largest absolute Gasteiger partial charge is 0.461 e. The van der Waals surface area contributed by atoms with Crippen LogP contribution in [0.2, 0.25) is 0 Å². The van der Waals surface area contributed by atoms with Crippen molar-refractivity contribution < 1.29 is 27.8 Å². The van der Waals surface area contributed by atoms with Crippen molar-refractivity contribution in [3.63, 3.8) is 0 Å². The molecule has 4 nitrogen and oxygen atoms in total. The van der Waals surface area contributed by atoms with E-state index in [1.807, 2.05) is 0 Å². The second-order valence-electron chi connectivity index (χ2n) is 9.28. The molecule has 0 N–H and O–H groups in total. The third-order valence-electron chi connectivity index (χ3n) is 4.95.